The molecule has 0 radical (unpaired) electrons. The smallest absolute Gasteiger partial charge is 0.137 e. The second-order valence-electron chi connectivity index (χ2n) is 9.46. The molecule has 1 N–H and O–H groups in total. The number of hydrogen-bond donors (Lipinski definition) is 1. The Kier molecular flexibility index (Phi) is 6.76. The third-order valence-corrected chi connectivity index (χ3v) is 6.96. The Morgan fingerprint density at radius 1 is 1.00 bits per heavy atom. The second-order valence-corrected chi connectivity index (χ2v) is 9.46. The fourth-order valence-electron chi connectivity index (χ4n) is 4.92. The standard InChI is InChI=1S/C31H24F2N6O/c1-19-30(25-4-2-3-9-35-25)38-27-15-22(32)14-24(33)29(27)31(19)37-26-16-28(39-10-12-40-13-11-39)36-18-23(26)21-7-5-20(17-34)6-8-21/h2-9,14-16,18H,10-13H2,1H3,(H,36,37,38). The minimum absolute atomic E-state index is 0.175. The van der Waals surface area contributed by atoms with E-state index in [2.05, 4.69) is 26.3 Å². The van der Waals surface area contributed by atoms with E-state index in [1.54, 1.807) is 30.6 Å². The van der Waals surface area contributed by atoms with Gasteiger partial charge in [-0.15, -0.1) is 0 Å². The van der Waals surface area contributed by atoms with Gasteiger partial charge in [0, 0.05) is 54.8 Å². The van der Waals surface area contributed by atoms with Crippen molar-refractivity contribution in [2.45, 2.75) is 6.92 Å². The number of pyridine rings is 3. The lowest BCUT2D eigenvalue weighted by molar-refractivity contribution is 0.122. The van der Waals surface area contributed by atoms with Crippen molar-refractivity contribution in [3.05, 3.63) is 95.8 Å². The summed E-state index contributed by atoms with van der Waals surface area (Å²) in [5, 5.41) is 12.9. The minimum Gasteiger partial charge on any atom is -0.378 e. The SMILES string of the molecule is Cc1c(-c2ccccn2)nc2cc(F)cc(F)c2c1Nc1cc(N2CCOCC2)ncc1-c1ccc(C#N)cc1. The molecule has 0 unspecified atom stereocenters. The molecule has 6 rings (SSSR count). The van der Waals surface area contributed by atoms with Crippen molar-refractivity contribution in [3.8, 4) is 28.6 Å². The molecule has 1 saturated heterocycles. The fraction of sp³-hybridized carbons (Fsp3) is 0.161. The molecule has 0 spiro atoms. The first-order valence-electron chi connectivity index (χ1n) is 12.8. The van der Waals surface area contributed by atoms with Gasteiger partial charge in [0.25, 0.3) is 0 Å². The van der Waals surface area contributed by atoms with Gasteiger partial charge in [0.1, 0.15) is 17.5 Å². The first-order valence-corrected chi connectivity index (χ1v) is 12.8. The van der Waals surface area contributed by atoms with E-state index in [0.717, 1.165) is 23.0 Å². The Balaban J connectivity index is 1.56. The molecule has 3 aromatic heterocycles. The third-order valence-electron chi connectivity index (χ3n) is 6.96. The molecule has 0 bridgehead atoms. The molecule has 2 aromatic carbocycles. The number of hydrogen-bond acceptors (Lipinski definition) is 7. The van der Waals surface area contributed by atoms with E-state index in [9.17, 15) is 9.65 Å². The average molecular weight is 535 g/mol. The molecular formula is C31H24F2N6O. The number of nitrogens with one attached hydrogen (secondary N) is 1. The Hall–Kier alpha value is -4.94. The number of morpholine rings is 1. The summed E-state index contributed by atoms with van der Waals surface area (Å²) in [5.41, 5.74) is 5.19. The Morgan fingerprint density at radius 2 is 1.80 bits per heavy atom. The lowest BCUT2D eigenvalue weighted by Gasteiger charge is -2.28. The third kappa shape index (κ3) is 4.81. The number of benzene rings is 2. The van der Waals surface area contributed by atoms with Crippen LogP contribution in [0.2, 0.25) is 0 Å². The van der Waals surface area contributed by atoms with Crippen LogP contribution in [-0.2, 0) is 4.74 Å². The number of rotatable bonds is 5. The highest BCUT2D eigenvalue weighted by Crippen LogP contribution is 2.39. The summed E-state index contributed by atoms with van der Waals surface area (Å²) in [6, 6.07) is 18.8. The number of aromatic nitrogens is 3. The molecule has 0 aliphatic carbocycles. The molecular weight excluding hydrogens is 510 g/mol. The number of nitrogens with zero attached hydrogens (tertiary/aromatic N) is 5. The summed E-state index contributed by atoms with van der Waals surface area (Å²) in [5.74, 6) is -0.685. The maximum atomic E-state index is 15.4. The molecule has 4 heterocycles. The van der Waals surface area contributed by atoms with Gasteiger partial charge < -0.3 is 15.0 Å². The number of anilines is 3. The predicted octanol–water partition coefficient (Wildman–Crippen LogP) is 6.40. The van der Waals surface area contributed by atoms with E-state index in [1.165, 1.54) is 6.07 Å². The molecule has 1 fully saturated rings. The molecule has 0 amide bonds. The van der Waals surface area contributed by atoms with E-state index in [1.807, 2.05) is 37.3 Å². The second kappa shape index (κ2) is 10.7. The first-order chi connectivity index (χ1) is 19.5. The quantitative estimate of drug-likeness (QED) is 0.279. The van der Waals surface area contributed by atoms with Crippen molar-refractivity contribution in [1.82, 2.24) is 15.0 Å². The Bertz CT molecular complexity index is 1750. The number of ether oxygens (including phenoxy) is 1. The van der Waals surface area contributed by atoms with Crippen molar-refractivity contribution in [2.75, 3.05) is 36.5 Å². The molecule has 1 aliphatic heterocycles. The zero-order chi connectivity index (χ0) is 27.6. The van der Waals surface area contributed by atoms with Crippen LogP contribution in [-0.4, -0.2) is 41.3 Å². The zero-order valence-electron chi connectivity index (χ0n) is 21.7. The number of fused-ring (bicyclic) bond motifs is 1. The molecule has 7 nitrogen and oxygen atoms in total. The van der Waals surface area contributed by atoms with Crippen LogP contribution in [0, 0.1) is 29.9 Å². The topological polar surface area (TPSA) is 87.0 Å². The minimum atomic E-state index is -0.719. The summed E-state index contributed by atoms with van der Waals surface area (Å²) in [7, 11) is 0. The van der Waals surface area contributed by atoms with Gasteiger partial charge in [-0.2, -0.15) is 5.26 Å². The highest BCUT2D eigenvalue weighted by atomic mass is 19.1. The molecule has 0 saturated carbocycles. The monoisotopic (exact) mass is 534 g/mol. The van der Waals surface area contributed by atoms with E-state index in [4.69, 9.17) is 9.72 Å². The van der Waals surface area contributed by atoms with Gasteiger partial charge >= 0.3 is 0 Å². The summed E-state index contributed by atoms with van der Waals surface area (Å²) >= 11 is 0. The molecule has 9 heteroatoms. The molecule has 0 atom stereocenters. The van der Waals surface area contributed by atoms with Crippen LogP contribution >= 0.6 is 0 Å². The van der Waals surface area contributed by atoms with Gasteiger partial charge in [-0.05, 0) is 36.8 Å². The van der Waals surface area contributed by atoms with Gasteiger partial charge in [0.2, 0.25) is 0 Å². The summed E-state index contributed by atoms with van der Waals surface area (Å²) < 4.78 is 35.2. The van der Waals surface area contributed by atoms with Crippen LogP contribution in [0.5, 0.6) is 0 Å². The zero-order valence-corrected chi connectivity index (χ0v) is 21.7. The fourth-order valence-corrected chi connectivity index (χ4v) is 4.92. The van der Waals surface area contributed by atoms with Crippen LogP contribution < -0.4 is 10.2 Å². The van der Waals surface area contributed by atoms with Gasteiger partial charge in [-0.3, -0.25) is 4.98 Å². The van der Waals surface area contributed by atoms with Crippen molar-refractivity contribution in [3.63, 3.8) is 0 Å². The van der Waals surface area contributed by atoms with E-state index in [0.29, 0.717) is 60.2 Å². The van der Waals surface area contributed by atoms with E-state index in [-0.39, 0.29) is 10.9 Å². The molecule has 198 valence electrons. The van der Waals surface area contributed by atoms with Crippen molar-refractivity contribution in [1.29, 1.82) is 5.26 Å². The molecule has 5 aromatic rings. The lowest BCUT2D eigenvalue weighted by atomic mass is 10.0. The largest absolute Gasteiger partial charge is 0.378 e. The van der Waals surface area contributed by atoms with E-state index < -0.39 is 11.6 Å². The molecule has 40 heavy (non-hydrogen) atoms. The van der Waals surface area contributed by atoms with Gasteiger partial charge in [-0.1, -0.05) is 18.2 Å². The maximum Gasteiger partial charge on any atom is 0.137 e. The van der Waals surface area contributed by atoms with Crippen LogP contribution in [0.25, 0.3) is 33.4 Å². The van der Waals surface area contributed by atoms with Crippen LogP contribution in [0.4, 0.5) is 26.0 Å². The van der Waals surface area contributed by atoms with Gasteiger partial charge in [-0.25, -0.2) is 18.7 Å². The van der Waals surface area contributed by atoms with Crippen LogP contribution in [0.1, 0.15) is 11.1 Å². The summed E-state index contributed by atoms with van der Waals surface area (Å²) in [6.45, 7) is 4.42. The molecule has 1 aliphatic rings. The predicted molar refractivity (Wildman–Crippen MR) is 150 cm³/mol. The van der Waals surface area contributed by atoms with Gasteiger partial charge in [0.05, 0.1) is 58.5 Å². The Labute approximate surface area is 229 Å². The van der Waals surface area contributed by atoms with E-state index >= 15 is 4.39 Å². The highest BCUT2D eigenvalue weighted by molar-refractivity contribution is 5.99. The highest BCUT2D eigenvalue weighted by Gasteiger charge is 2.21. The first kappa shape index (κ1) is 25.3. The van der Waals surface area contributed by atoms with Crippen molar-refractivity contribution >= 4 is 28.1 Å². The summed E-state index contributed by atoms with van der Waals surface area (Å²) in [4.78, 5) is 15.9. The van der Waals surface area contributed by atoms with Crippen LogP contribution in [0.15, 0.2) is 73.1 Å². The number of halogens is 2. The number of nitriles is 1. The van der Waals surface area contributed by atoms with Crippen LogP contribution in [0.3, 0.4) is 0 Å². The van der Waals surface area contributed by atoms with Crippen molar-refractivity contribution < 1.29 is 13.5 Å². The maximum absolute atomic E-state index is 15.4. The van der Waals surface area contributed by atoms with Gasteiger partial charge in [0.15, 0.2) is 0 Å². The normalized spacial score (nSPS) is 13.3. The van der Waals surface area contributed by atoms with Crippen molar-refractivity contribution in [2.24, 2.45) is 0 Å². The Morgan fingerprint density at radius 3 is 2.52 bits per heavy atom. The average Bonchev–Trinajstić information content (AvgIpc) is 2.99. The summed E-state index contributed by atoms with van der Waals surface area (Å²) in [6.07, 6.45) is 3.42. The lowest BCUT2D eigenvalue weighted by Crippen LogP contribution is -2.36.